The Labute approximate surface area is 101 Å². The molecular weight excluding hydrogens is 246 g/mol. The Balaban J connectivity index is 2.72. The van der Waals surface area contributed by atoms with Crippen molar-refractivity contribution in [2.45, 2.75) is 13.8 Å². The van der Waals surface area contributed by atoms with Crippen molar-refractivity contribution >= 4 is 34.3 Å². The number of aryl methyl sites for hydroxylation is 1. The van der Waals surface area contributed by atoms with Crippen LogP contribution in [0.4, 0.5) is 5.00 Å². The van der Waals surface area contributed by atoms with Crippen LogP contribution in [-0.2, 0) is 9.59 Å². The quantitative estimate of drug-likeness (QED) is 0.715. The molecule has 0 aliphatic rings. The van der Waals surface area contributed by atoms with Crippen LogP contribution >= 0.6 is 11.5 Å². The topological polar surface area (TPSA) is 108 Å². The number of carbonyl (C=O) groups is 3. The summed E-state index contributed by atoms with van der Waals surface area (Å²) >= 11 is 0.892. The van der Waals surface area contributed by atoms with E-state index in [4.69, 9.17) is 5.11 Å². The van der Waals surface area contributed by atoms with Crippen LogP contribution in [0.3, 0.4) is 0 Å². The zero-order valence-corrected chi connectivity index (χ0v) is 10.1. The van der Waals surface area contributed by atoms with Crippen LogP contribution in [0.25, 0.3) is 0 Å². The van der Waals surface area contributed by atoms with Crippen LogP contribution in [0.5, 0.6) is 0 Å². The van der Waals surface area contributed by atoms with Gasteiger partial charge in [-0.2, -0.15) is 4.37 Å². The second kappa shape index (κ2) is 5.39. The van der Waals surface area contributed by atoms with E-state index in [-0.39, 0.29) is 23.0 Å². The highest BCUT2D eigenvalue weighted by Crippen LogP contribution is 2.24. The van der Waals surface area contributed by atoms with E-state index >= 15 is 0 Å². The third-order valence-corrected chi connectivity index (χ3v) is 2.68. The maximum atomic E-state index is 11.4. The Morgan fingerprint density at radius 3 is 2.59 bits per heavy atom. The molecular formula is C9H11N3O4S. The van der Waals surface area contributed by atoms with E-state index in [0.717, 1.165) is 11.5 Å². The smallest absolute Gasteiger partial charge is 0.340 e. The highest BCUT2D eigenvalue weighted by Gasteiger charge is 2.18. The summed E-state index contributed by atoms with van der Waals surface area (Å²) in [6.07, 6.45) is 0. The summed E-state index contributed by atoms with van der Waals surface area (Å²) < 4.78 is 3.84. The third-order valence-electron chi connectivity index (χ3n) is 1.83. The van der Waals surface area contributed by atoms with Crippen molar-refractivity contribution < 1.29 is 19.5 Å². The predicted octanol–water partition coefficient (Wildman–Crippen LogP) is 0.224. The third kappa shape index (κ3) is 3.52. The van der Waals surface area contributed by atoms with Gasteiger partial charge in [-0.3, -0.25) is 9.59 Å². The second-order valence-corrected chi connectivity index (χ2v) is 4.01. The average Bonchev–Trinajstić information content (AvgIpc) is 2.56. The van der Waals surface area contributed by atoms with Crippen molar-refractivity contribution in [2.75, 3.05) is 11.9 Å². The number of nitrogens with one attached hydrogen (secondary N) is 2. The van der Waals surface area contributed by atoms with Crippen molar-refractivity contribution in [3.05, 3.63) is 11.3 Å². The monoisotopic (exact) mass is 257 g/mol. The van der Waals surface area contributed by atoms with E-state index < -0.39 is 11.9 Å². The summed E-state index contributed by atoms with van der Waals surface area (Å²) in [5.41, 5.74) is 0.323. The molecule has 1 heterocycles. The lowest BCUT2D eigenvalue weighted by atomic mass is 10.2. The van der Waals surface area contributed by atoms with Crippen molar-refractivity contribution in [2.24, 2.45) is 0 Å². The fraction of sp³-hybridized carbons (Fsp3) is 0.333. The molecule has 17 heavy (non-hydrogen) atoms. The molecule has 7 nitrogen and oxygen atoms in total. The number of aromatic carboxylic acids is 1. The molecule has 0 radical (unpaired) electrons. The van der Waals surface area contributed by atoms with Gasteiger partial charge in [-0.05, 0) is 18.5 Å². The summed E-state index contributed by atoms with van der Waals surface area (Å²) in [5.74, 6) is -1.98. The van der Waals surface area contributed by atoms with Crippen molar-refractivity contribution in [1.82, 2.24) is 9.69 Å². The Kier molecular flexibility index (Phi) is 4.16. The molecule has 8 heteroatoms. The van der Waals surface area contributed by atoms with Gasteiger partial charge in [0.2, 0.25) is 11.8 Å². The molecule has 0 fully saturated rings. The van der Waals surface area contributed by atoms with Gasteiger partial charge in [-0.15, -0.1) is 0 Å². The van der Waals surface area contributed by atoms with Gasteiger partial charge < -0.3 is 15.7 Å². The number of aromatic nitrogens is 1. The lowest BCUT2D eigenvalue weighted by Gasteiger charge is -2.03. The number of amides is 2. The molecule has 0 aromatic carbocycles. The van der Waals surface area contributed by atoms with Gasteiger partial charge in [-0.25, -0.2) is 4.79 Å². The molecule has 92 valence electrons. The number of carboxylic acids is 1. The van der Waals surface area contributed by atoms with Gasteiger partial charge in [0.15, 0.2) is 0 Å². The number of anilines is 1. The molecule has 1 rings (SSSR count). The van der Waals surface area contributed by atoms with Crippen molar-refractivity contribution in [3.63, 3.8) is 0 Å². The van der Waals surface area contributed by atoms with E-state index in [1.54, 1.807) is 6.92 Å². The summed E-state index contributed by atoms with van der Waals surface area (Å²) in [4.78, 5) is 32.8. The largest absolute Gasteiger partial charge is 0.478 e. The van der Waals surface area contributed by atoms with Crippen LogP contribution in [0.15, 0.2) is 0 Å². The zero-order valence-electron chi connectivity index (χ0n) is 9.23. The Hall–Kier alpha value is -1.96. The molecule has 0 bridgehead atoms. The van der Waals surface area contributed by atoms with E-state index in [9.17, 15) is 14.4 Å². The molecule has 1 aromatic heterocycles. The molecule has 2 amide bonds. The Bertz CT molecular complexity index is 469. The second-order valence-electron chi connectivity index (χ2n) is 3.24. The van der Waals surface area contributed by atoms with Crippen LogP contribution in [-0.4, -0.2) is 33.8 Å². The van der Waals surface area contributed by atoms with Gasteiger partial charge in [0, 0.05) is 6.92 Å². The van der Waals surface area contributed by atoms with Crippen LogP contribution in [0, 0.1) is 6.92 Å². The first-order valence-electron chi connectivity index (χ1n) is 4.65. The number of nitrogens with zero attached hydrogens (tertiary/aromatic N) is 1. The standard InChI is InChI=1S/C9H11N3O4S/c1-4-7(9(15)16)8(17-12-4)11-6(14)3-10-5(2)13/h3H2,1-2H3,(H,10,13)(H,11,14)(H,15,16). The maximum Gasteiger partial charge on any atom is 0.340 e. The first kappa shape index (κ1) is 13.1. The predicted molar refractivity (Wildman–Crippen MR) is 61.1 cm³/mol. The normalized spacial score (nSPS) is 9.76. The van der Waals surface area contributed by atoms with E-state index in [1.165, 1.54) is 6.92 Å². The zero-order chi connectivity index (χ0) is 13.0. The van der Waals surface area contributed by atoms with Gasteiger partial charge in [0.05, 0.1) is 12.2 Å². The highest BCUT2D eigenvalue weighted by molar-refractivity contribution is 7.11. The lowest BCUT2D eigenvalue weighted by Crippen LogP contribution is -2.31. The molecule has 0 atom stereocenters. The van der Waals surface area contributed by atoms with Crippen LogP contribution in [0.2, 0.25) is 0 Å². The molecule has 0 unspecified atom stereocenters. The van der Waals surface area contributed by atoms with Crippen LogP contribution < -0.4 is 10.6 Å². The van der Waals surface area contributed by atoms with Gasteiger partial charge >= 0.3 is 5.97 Å². The Morgan fingerprint density at radius 1 is 1.41 bits per heavy atom. The lowest BCUT2D eigenvalue weighted by molar-refractivity contribution is -0.122. The summed E-state index contributed by atoms with van der Waals surface area (Å²) in [6.45, 7) is 2.63. The van der Waals surface area contributed by atoms with E-state index in [0.29, 0.717) is 5.69 Å². The van der Waals surface area contributed by atoms with Gasteiger partial charge in [0.1, 0.15) is 10.6 Å². The molecule has 1 aromatic rings. The molecule has 0 saturated carbocycles. The molecule has 0 spiro atoms. The average molecular weight is 257 g/mol. The SMILES string of the molecule is CC(=O)NCC(=O)Nc1snc(C)c1C(=O)O. The number of carboxylic acid groups (broad SMARTS) is 1. The van der Waals surface area contributed by atoms with E-state index in [1.807, 2.05) is 0 Å². The minimum Gasteiger partial charge on any atom is -0.478 e. The number of rotatable bonds is 4. The fourth-order valence-corrected chi connectivity index (χ4v) is 1.89. The minimum atomic E-state index is -1.15. The number of hydrogen-bond donors (Lipinski definition) is 3. The summed E-state index contributed by atoms with van der Waals surface area (Å²) in [7, 11) is 0. The highest BCUT2D eigenvalue weighted by atomic mass is 32.1. The molecule has 0 aliphatic carbocycles. The Morgan fingerprint density at radius 2 is 2.06 bits per heavy atom. The first-order chi connectivity index (χ1) is 7.91. The number of carbonyl (C=O) groups excluding carboxylic acids is 2. The summed E-state index contributed by atoms with van der Waals surface area (Å²) in [5, 5.41) is 13.8. The molecule has 3 N–H and O–H groups in total. The summed E-state index contributed by atoms with van der Waals surface area (Å²) in [6, 6.07) is 0. The van der Waals surface area contributed by atoms with Crippen molar-refractivity contribution in [3.8, 4) is 0 Å². The maximum absolute atomic E-state index is 11.4. The van der Waals surface area contributed by atoms with Gasteiger partial charge in [0.25, 0.3) is 0 Å². The molecule has 0 saturated heterocycles. The molecule has 0 aliphatic heterocycles. The fourth-order valence-electron chi connectivity index (χ4n) is 1.08. The van der Waals surface area contributed by atoms with Gasteiger partial charge in [-0.1, -0.05) is 0 Å². The van der Waals surface area contributed by atoms with Crippen molar-refractivity contribution in [1.29, 1.82) is 0 Å². The number of hydrogen-bond acceptors (Lipinski definition) is 5. The minimum absolute atomic E-state index is 0.0221. The first-order valence-corrected chi connectivity index (χ1v) is 5.43. The van der Waals surface area contributed by atoms with Crippen LogP contribution in [0.1, 0.15) is 23.0 Å². The van der Waals surface area contributed by atoms with E-state index in [2.05, 4.69) is 15.0 Å².